The van der Waals surface area contributed by atoms with E-state index in [9.17, 15) is 14.4 Å². The number of rotatable bonds is 4. The second-order valence-electron chi connectivity index (χ2n) is 3.29. The van der Waals surface area contributed by atoms with Gasteiger partial charge in [-0.2, -0.15) is 0 Å². The largest absolute Gasteiger partial charge is 0.469 e. The summed E-state index contributed by atoms with van der Waals surface area (Å²) in [4.78, 5) is 34.5. The van der Waals surface area contributed by atoms with Gasteiger partial charge in [-0.05, 0) is 0 Å². The first kappa shape index (κ1) is 14.7. The first-order valence-electron chi connectivity index (χ1n) is 4.61. The van der Waals surface area contributed by atoms with Crippen molar-refractivity contribution in [2.45, 2.75) is 6.92 Å². The zero-order chi connectivity index (χ0) is 12.7. The second-order valence-corrected chi connectivity index (χ2v) is 3.56. The minimum Gasteiger partial charge on any atom is -0.469 e. The first-order chi connectivity index (χ1) is 7.42. The summed E-state index contributed by atoms with van der Waals surface area (Å²) in [5.41, 5.74) is 0. The molecule has 0 fully saturated rings. The molecule has 1 N–H and O–H groups in total. The molecule has 0 rings (SSSR count). The van der Waals surface area contributed by atoms with Crippen molar-refractivity contribution in [3.8, 4) is 0 Å². The lowest BCUT2D eigenvalue weighted by Gasteiger charge is -2.19. The molecule has 0 aromatic heterocycles. The Labute approximate surface area is 98.9 Å². The van der Waals surface area contributed by atoms with Crippen LogP contribution in [0.3, 0.4) is 0 Å². The third-order valence-electron chi connectivity index (χ3n) is 1.87. The van der Waals surface area contributed by atoms with Crippen LogP contribution in [-0.4, -0.2) is 49.4 Å². The van der Waals surface area contributed by atoms with Crippen LogP contribution in [0.1, 0.15) is 6.92 Å². The van der Waals surface area contributed by atoms with Gasteiger partial charge in [0.15, 0.2) is 0 Å². The van der Waals surface area contributed by atoms with Crippen LogP contribution in [0.5, 0.6) is 0 Å². The SMILES string of the molecule is COC(=O)C(C)CN(C)C(=O)NC(=O)CCl. The van der Waals surface area contributed by atoms with E-state index < -0.39 is 23.8 Å². The standard InChI is InChI=1S/C9H15ClN2O4/c1-6(8(14)16-3)5-12(2)9(15)11-7(13)4-10/h6H,4-5H2,1-3H3,(H,11,13,15). The van der Waals surface area contributed by atoms with E-state index in [4.69, 9.17) is 11.6 Å². The molecule has 3 amide bonds. The Hall–Kier alpha value is -1.30. The van der Waals surface area contributed by atoms with E-state index in [1.807, 2.05) is 0 Å². The summed E-state index contributed by atoms with van der Waals surface area (Å²) in [6.45, 7) is 1.78. The molecule has 6 nitrogen and oxygen atoms in total. The summed E-state index contributed by atoms with van der Waals surface area (Å²) >= 11 is 5.22. The molecule has 1 atom stereocenters. The summed E-state index contributed by atoms with van der Waals surface area (Å²) in [5.74, 6) is -1.73. The van der Waals surface area contributed by atoms with E-state index in [2.05, 4.69) is 10.1 Å². The molecule has 0 radical (unpaired) electrons. The molecule has 0 aromatic rings. The molecule has 16 heavy (non-hydrogen) atoms. The zero-order valence-electron chi connectivity index (χ0n) is 9.45. The highest BCUT2D eigenvalue weighted by Gasteiger charge is 2.19. The van der Waals surface area contributed by atoms with Crippen LogP contribution in [0.25, 0.3) is 0 Å². The third-order valence-corrected chi connectivity index (χ3v) is 2.11. The smallest absolute Gasteiger partial charge is 0.323 e. The fourth-order valence-electron chi connectivity index (χ4n) is 1.02. The van der Waals surface area contributed by atoms with Crippen LogP contribution in [0.4, 0.5) is 4.79 Å². The first-order valence-corrected chi connectivity index (χ1v) is 5.14. The number of nitrogens with one attached hydrogen (secondary N) is 1. The molecule has 0 saturated carbocycles. The van der Waals surface area contributed by atoms with Crippen LogP contribution in [0, 0.1) is 5.92 Å². The number of esters is 1. The average molecular weight is 251 g/mol. The van der Waals surface area contributed by atoms with Gasteiger partial charge in [0.2, 0.25) is 5.91 Å². The van der Waals surface area contributed by atoms with Gasteiger partial charge in [-0.1, -0.05) is 6.92 Å². The number of carbonyl (C=O) groups excluding carboxylic acids is 3. The number of hydrogen-bond acceptors (Lipinski definition) is 4. The van der Waals surface area contributed by atoms with Crippen molar-refractivity contribution in [2.75, 3.05) is 26.6 Å². The summed E-state index contributed by atoms with van der Waals surface area (Å²) in [5, 5.41) is 2.06. The highest BCUT2D eigenvalue weighted by molar-refractivity contribution is 6.28. The number of halogens is 1. The fraction of sp³-hybridized carbons (Fsp3) is 0.667. The van der Waals surface area contributed by atoms with Crippen LogP contribution < -0.4 is 5.32 Å². The Balaban J connectivity index is 4.14. The third kappa shape index (κ3) is 4.97. The van der Waals surface area contributed by atoms with Crippen LogP contribution >= 0.6 is 11.6 Å². The van der Waals surface area contributed by atoms with Gasteiger partial charge in [-0.15, -0.1) is 11.6 Å². The summed E-state index contributed by atoms with van der Waals surface area (Å²) < 4.78 is 4.51. The lowest BCUT2D eigenvalue weighted by molar-refractivity contribution is -0.145. The maximum atomic E-state index is 11.3. The number of urea groups is 1. The number of ether oxygens (including phenoxy) is 1. The normalized spacial score (nSPS) is 11.5. The lowest BCUT2D eigenvalue weighted by atomic mass is 10.2. The molecule has 7 heteroatoms. The van der Waals surface area contributed by atoms with Crippen molar-refractivity contribution < 1.29 is 19.1 Å². The molecule has 0 aromatic carbocycles. The van der Waals surface area contributed by atoms with Gasteiger partial charge >= 0.3 is 12.0 Å². The monoisotopic (exact) mass is 250 g/mol. The molecule has 0 heterocycles. The van der Waals surface area contributed by atoms with E-state index in [0.717, 1.165) is 0 Å². The van der Waals surface area contributed by atoms with Crippen molar-refractivity contribution in [1.29, 1.82) is 0 Å². The summed E-state index contributed by atoms with van der Waals surface area (Å²) in [6, 6.07) is -0.596. The number of amides is 3. The number of imide groups is 1. The molecule has 92 valence electrons. The number of alkyl halides is 1. The van der Waals surface area contributed by atoms with Crippen LogP contribution in [0.15, 0.2) is 0 Å². The van der Waals surface area contributed by atoms with Gasteiger partial charge in [-0.25, -0.2) is 4.79 Å². The van der Waals surface area contributed by atoms with Crippen molar-refractivity contribution in [2.24, 2.45) is 5.92 Å². The van der Waals surface area contributed by atoms with E-state index >= 15 is 0 Å². The topological polar surface area (TPSA) is 75.7 Å². The molecular formula is C9H15ClN2O4. The number of nitrogens with zero attached hydrogens (tertiary/aromatic N) is 1. The van der Waals surface area contributed by atoms with Gasteiger partial charge in [0.05, 0.1) is 13.0 Å². The van der Waals surface area contributed by atoms with E-state index in [0.29, 0.717) is 0 Å². The minimum atomic E-state index is -0.596. The van der Waals surface area contributed by atoms with Gasteiger partial charge in [0.1, 0.15) is 5.88 Å². The molecule has 0 saturated heterocycles. The quantitative estimate of drug-likeness (QED) is 0.571. The van der Waals surface area contributed by atoms with Gasteiger partial charge in [0.25, 0.3) is 0 Å². The van der Waals surface area contributed by atoms with E-state index in [1.54, 1.807) is 6.92 Å². The maximum absolute atomic E-state index is 11.3. The fourth-order valence-corrected chi connectivity index (χ4v) is 1.08. The predicted octanol–water partition coefficient (Wildman–Crippen LogP) is 0.202. The molecule has 0 aliphatic carbocycles. The Kier molecular flexibility index (Phi) is 6.48. The second kappa shape index (κ2) is 7.05. The average Bonchev–Trinajstić information content (AvgIpc) is 2.27. The van der Waals surface area contributed by atoms with Crippen molar-refractivity contribution in [3.05, 3.63) is 0 Å². The predicted molar refractivity (Wildman–Crippen MR) is 58.1 cm³/mol. The molecule has 0 aliphatic rings. The number of methoxy groups -OCH3 is 1. The Morgan fingerprint density at radius 2 is 2.00 bits per heavy atom. The Morgan fingerprint density at radius 1 is 1.44 bits per heavy atom. The van der Waals surface area contributed by atoms with Gasteiger partial charge < -0.3 is 9.64 Å². The Bertz CT molecular complexity index is 283. The molecule has 0 bridgehead atoms. The summed E-state index contributed by atoms with van der Waals surface area (Å²) in [7, 11) is 2.74. The highest BCUT2D eigenvalue weighted by Crippen LogP contribution is 2.00. The van der Waals surface area contributed by atoms with Crippen molar-refractivity contribution in [1.82, 2.24) is 10.2 Å². The van der Waals surface area contributed by atoms with Gasteiger partial charge in [-0.3, -0.25) is 14.9 Å². The molecule has 0 spiro atoms. The zero-order valence-corrected chi connectivity index (χ0v) is 10.2. The maximum Gasteiger partial charge on any atom is 0.323 e. The van der Waals surface area contributed by atoms with Crippen LogP contribution in [-0.2, 0) is 14.3 Å². The van der Waals surface area contributed by atoms with E-state index in [-0.39, 0.29) is 12.4 Å². The summed E-state index contributed by atoms with van der Waals surface area (Å²) in [6.07, 6.45) is 0. The number of hydrogen-bond donors (Lipinski definition) is 1. The Morgan fingerprint density at radius 3 is 2.44 bits per heavy atom. The molecule has 1 unspecified atom stereocenters. The molecular weight excluding hydrogens is 236 g/mol. The number of carbonyl (C=O) groups is 3. The lowest BCUT2D eigenvalue weighted by Crippen LogP contribution is -2.43. The van der Waals surface area contributed by atoms with E-state index in [1.165, 1.54) is 19.1 Å². The minimum absolute atomic E-state index is 0.161. The van der Waals surface area contributed by atoms with Crippen molar-refractivity contribution in [3.63, 3.8) is 0 Å². The highest BCUT2D eigenvalue weighted by atomic mass is 35.5. The van der Waals surface area contributed by atoms with Crippen LogP contribution in [0.2, 0.25) is 0 Å². The molecule has 0 aliphatic heterocycles. The van der Waals surface area contributed by atoms with Crippen molar-refractivity contribution >= 4 is 29.5 Å². The van der Waals surface area contributed by atoms with Gasteiger partial charge in [0, 0.05) is 13.6 Å².